The largest absolute Gasteiger partial charge is 0.466 e. The zero-order valence-corrected chi connectivity index (χ0v) is 13.2. The van der Waals surface area contributed by atoms with Crippen molar-refractivity contribution in [2.45, 2.75) is 12.8 Å². The predicted molar refractivity (Wildman–Crippen MR) is 91.5 cm³/mol. The van der Waals surface area contributed by atoms with Crippen LogP contribution in [0.1, 0.15) is 24.0 Å². The second-order valence-electron chi connectivity index (χ2n) is 5.49. The van der Waals surface area contributed by atoms with E-state index in [1.165, 1.54) is 7.11 Å². The minimum Gasteiger partial charge on any atom is -0.466 e. The van der Waals surface area contributed by atoms with Crippen molar-refractivity contribution < 1.29 is 9.53 Å². The zero-order chi connectivity index (χ0) is 16.2. The average molecular weight is 305 g/mol. The molecular formula is C20H19NO2. The van der Waals surface area contributed by atoms with Crippen molar-refractivity contribution in [3.05, 3.63) is 89.1 Å². The highest BCUT2D eigenvalue weighted by Crippen LogP contribution is 2.35. The minimum atomic E-state index is -0.299. The van der Waals surface area contributed by atoms with Crippen molar-refractivity contribution in [2.24, 2.45) is 0 Å². The van der Waals surface area contributed by atoms with E-state index in [1.54, 1.807) is 0 Å². The molecule has 1 heterocycles. The summed E-state index contributed by atoms with van der Waals surface area (Å²) < 4.78 is 4.99. The number of hydrogen-bond donors (Lipinski definition) is 1. The SMILES string of the molecule is COC(=O)C1=C(C)NC(c2ccccc2)=CC1c1ccccc1. The quantitative estimate of drug-likeness (QED) is 0.875. The molecule has 3 nitrogen and oxygen atoms in total. The lowest BCUT2D eigenvalue weighted by molar-refractivity contribution is -0.136. The Balaban J connectivity index is 2.09. The van der Waals surface area contributed by atoms with E-state index in [4.69, 9.17) is 4.74 Å². The van der Waals surface area contributed by atoms with Gasteiger partial charge >= 0.3 is 5.97 Å². The molecule has 3 heteroatoms. The molecule has 0 saturated carbocycles. The van der Waals surface area contributed by atoms with Crippen LogP contribution < -0.4 is 5.32 Å². The minimum absolute atomic E-state index is 0.125. The molecule has 0 amide bonds. The Morgan fingerprint density at radius 2 is 1.61 bits per heavy atom. The van der Waals surface area contributed by atoms with E-state index in [1.807, 2.05) is 55.5 Å². The highest BCUT2D eigenvalue weighted by molar-refractivity contribution is 5.93. The summed E-state index contributed by atoms with van der Waals surface area (Å²) in [7, 11) is 1.42. The monoisotopic (exact) mass is 305 g/mol. The predicted octanol–water partition coefficient (Wildman–Crippen LogP) is 3.86. The van der Waals surface area contributed by atoms with Gasteiger partial charge < -0.3 is 10.1 Å². The van der Waals surface area contributed by atoms with Crippen LogP contribution in [0.5, 0.6) is 0 Å². The van der Waals surface area contributed by atoms with Gasteiger partial charge in [0.05, 0.1) is 12.7 Å². The summed E-state index contributed by atoms with van der Waals surface area (Å²) in [6, 6.07) is 20.1. The standard InChI is InChI=1S/C20H19NO2/c1-14-19(20(22)23-2)17(15-9-5-3-6-10-15)13-18(21-14)16-11-7-4-8-12-16/h3-13,17,21H,1-2H3. The third kappa shape index (κ3) is 3.04. The van der Waals surface area contributed by atoms with Crippen molar-refractivity contribution in [1.82, 2.24) is 5.32 Å². The number of hydrogen-bond acceptors (Lipinski definition) is 3. The first-order chi connectivity index (χ1) is 11.2. The summed E-state index contributed by atoms with van der Waals surface area (Å²) in [5, 5.41) is 3.34. The summed E-state index contributed by atoms with van der Waals surface area (Å²) in [4.78, 5) is 12.3. The number of methoxy groups -OCH3 is 1. The molecule has 0 saturated heterocycles. The summed E-state index contributed by atoms with van der Waals surface area (Å²) in [6.07, 6.45) is 2.09. The van der Waals surface area contributed by atoms with Gasteiger partial charge in [0.25, 0.3) is 0 Å². The third-order valence-corrected chi connectivity index (χ3v) is 4.02. The van der Waals surface area contributed by atoms with Gasteiger partial charge in [0.2, 0.25) is 0 Å². The number of carbonyl (C=O) groups excluding carboxylic acids is 1. The maximum Gasteiger partial charge on any atom is 0.336 e. The maximum absolute atomic E-state index is 12.3. The van der Waals surface area contributed by atoms with Gasteiger partial charge in [0, 0.05) is 17.3 Å². The highest BCUT2D eigenvalue weighted by Gasteiger charge is 2.28. The summed E-state index contributed by atoms with van der Waals surface area (Å²) in [6.45, 7) is 1.91. The van der Waals surface area contributed by atoms with Crippen LogP contribution in [-0.4, -0.2) is 13.1 Å². The average Bonchev–Trinajstić information content (AvgIpc) is 2.62. The van der Waals surface area contributed by atoms with Crippen molar-refractivity contribution in [3.8, 4) is 0 Å². The second kappa shape index (κ2) is 6.53. The van der Waals surface area contributed by atoms with Gasteiger partial charge in [-0.25, -0.2) is 4.79 Å². The van der Waals surface area contributed by atoms with E-state index in [0.29, 0.717) is 5.57 Å². The third-order valence-electron chi connectivity index (χ3n) is 4.02. The Morgan fingerprint density at radius 3 is 2.22 bits per heavy atom. The molecule has 1 unspecified atom stereocenters. The summed E-state index contributed by atoms with van der Waals surface area (Å²) in [5.41, 5.74) is 4.65. The Hall–Kier alpha value is -2.81. The molecule has 0 radical (unpaired) electrons. The molecule has 0 fully saturated rings. The molecule has 3 rings (SSSR count). The van der Waals surface area contributed by atoms with E-state index < -0.39 is 0 Å². The lowest BCUT2D eigenvalue weighted by Crippen LogP contribution is -2.25. The zero-order valence-electron chi connectivity index (χ0n) is 13.2. The first-order valence-electron chi connectivity index (χ1n) is 7.59. The number of nitrogens with one attached hydrogen (secondary N) is 1. The van der Waals surface area contributed by atoms with Gasteiger partial charge in [0.15, 0.2) is 0 Å². The Kier molecular flexibility index (Phi) is 4.29. The molecule has 0 bridgehead atoms. The summed E-state index contributed by atoms with van der Waals surface area (Å²) in [5.74, 6) is -0.424. The van der Waals surface area contributed by atoms with Gasteiger partial charge in [-0.1, -0.05) is 60.7 Å². The van der Waals surface area contributed by atoms with Crippen LogP contribution in [0.15, 0.2) is 78.0 Å². The lowest BCUT2D eigenvalue weighted by Gasteiger charge is -2.27. The van der Waals surface area contributed by atoms with Crippen molar-refractivity contribution in [2.75, 3.05) is 7.11 Å². The molecule has 1 N–H and O–H groups in total. The normalized spacial score (nSPS) is 17.3. The molecule has 1 aliphatic rings. The van der Waals surface area contributed by atoms with Gasteiger partial charge in [0.1, 0.15) is 0 Å². The van der Waals surface area contributed by atoms with E-state index in [0.717, 1.165) is 22.5 Å². The highest BCUT2D eigenvalue weighted by atomic mass is 16.5. The molecular weight excluding hydrogens is 286 g/mol. The molecule has 0 aliphatic carbocycles. The van der Waals surface area contributed by atoms with Crippen LogP contribution in [0.4, 0.5) is 0 Å². The molecule has 0 spiro atoms. The van der Waals surface area contributed by atoms with E-state index in [9.17, 15) is 4.79 Å². The van der Waals surface area contributed by atoms with Crippen LogP contribution in [0, 0.1) is 0 Å². The molecule has 2 aromatic rings. The van der Waals surface area contributed by atoms with Crippen molar-refractivity contribution in [1.29, 1.82) is 0 Å². The number of benzene rings is 2. The fourth-order valence-corrected chi connectivity index (χ4v) is 2.89. The number of esters is 1. The molecule has 116 valence electrons. The van der Waals surface area contributed by atoms with Crippen LogP contribution in [-0.2, 0) is 9.53 Å². The number of allylic oxidation sites excluding steroid dienone is 2. The molecule has 1 atom stereocenters. The van der Waals surface area contributed by atoms with Gasteiger partial charge in [-0.2, -0.15) is 0 Å². The van der Waals surface area contributed by atoms with Crippen LogP contribution >= 0.6 is 0 Å². The number of ether oxygens (including phenoxy) is 1. The van der Waals surface area contributed by atoms with Crippen LogP contribution in [0.3, 0.4) is 0 Å². The van der Waals surface area contributed by atoms with Gasteiger partial charge in [-0.05, 0) is 24.1 Å². The number of rotatable bonds is 3. The smallest absolute Gasteiger partial charge is 0.336 e. The van der Waals surface area contributed by atoms with Gasteiger partial charge in [-0.3, -0.25) is 0 Å². The van der Waals surface area contributed by atoms with Crippen LogP contribution in [0.25, 0.3) is 5.70 Å². The van der Waals surface area contributed by atoms with Crippen molar-refractivity contribution in [3.63, 3.8) is 0 Å². The van der Waals surface area contributed by atoms with E-state index in [2.05, 4.69) is 23.5 Å². The van der Waals surface area contributed by atoms with Gasteiger partial charge in [-0.15, -0.1) is 0 Å². The van der Waals surface area contributed by atoms with Crippen LogP contribution in [0.2, 0.25) is 0 Å². The first kappa shape index (κ1) is 15.1. The molecule has 23 heavy (non-hydrogen) atoms. The number of carbonyl (C=O) groups is 1. The lowest BCUT2D eigenvalue weighted by atomic mass is 9.86. The molecule has 2 aromatic carbocycles. The summed E-state index contributed by atoms with van der Waals surface area (Å²) >= 11 is 0. The molecule has 0 aromatic heterocycles. The topological polar surface area (TPSA) is 38.3 Å². The van der Waals surface area contributed by atoms with E-state index >= 15 is 0 Å². The Labute approximate surface area is 136 Å². The second-order valence-corrected chi connectivity index (χ2v) is 5.49. The fraction of sp³-hybridized carbons (Fsp3) is 0.150. The molecule has 1 aliphatic heterocycles. The number of dihydropyridines is 1. The van der Waals surface area contributed by atoms with E-state index in [-0.39, 0.29) is 11.9 Å². The first-order valence-corrected chi connectivity index (χ1v) is 7.59. The maximum atomic E-state index is 12.3. The fourth-order valence-electron chi connectivity index (χ4n) is 2.89. The van der Waals surface area contributed by atoms with Crippen molar-refractivity contribution >= 4 is 11.7 Å². The Morgan fingerprint density at radius 1 is 1.00 bits per heavy atom. The Bertz CT molecular complexity index is 761.